The first-order valence-corrected chi connectivity index (χ1v) is 12.0. The predicted molar refractivity (Wildman–Crippen MR) is 144 cm³/mol. The number of hydrogen-bond acceptors (Lipinski definition) is 5. The van der Waals surface area contributed by atoms with Crippen LogP contribution in [0.5, 0.6) is 5.75 Å². The van der Waals surface area contributed by atoms with Crippen LogP contribution in [-0.2, 0) is 16.1 Å². The predicted octanol–water partition coefficient (Wildman–Crippen LogP) is 5.34. The number of imide groups is 1. The Morgan fingerprint density at radius 3 is 2.21 bits per heavy atom. The van der Waals surface area contributed by atoms with Crippen molar-refractivity contribution in [1.29, 1.82) is 5.26 Å². The first kappa shape index (κ1) is 24.5. The van der Waals surface area contributed by atoms with Crippen LogP contribution >= 0.6 is 0 Å². The molecule has 0 bridgehead atoms. The average molecular weight is 501 g/mol. The highest BCUT2D eigenvalue weighted by Gasteiger charge is 2.35. The van der Waals surface area contributed by atoms with E-state index in [0.29, 0.717) is 22.6 Å². The van der Waals surface area contributed by atoms with Crippen molar-refractivity contribution in [2.45, 2.75) is 13.5 Å². The van der Waals surface area contributed by atoms with E-state index in [0.717, 1.165) is 21.7 Å². The summed E-state index contributed by atoms with van der Waals surface area (Å²) < 4.78 is 6.96. The maximum atomic E-state index is 13.7. The number of benzene rings is 3. The molecule has 1 aromatic heterocycles. The second kappa shape index (κ2) is 10.4. The van der Waals surface area contributed by atoms with Gasteiger partial charge >= 0.3 is 0 Å². The molecule has 0 radical (unpaired) electrons. The van der Waals surface area contributed by atoms with E-state index in [1.54, 1.807) is 49.1 Å². The standard InChI is InChI=1S/C31H24N4O3/c1-21-27(30(36)34(31(37)28(21)18-32)19-22-13-15-26(38-2)16-14-22)17-24-20-35(25-11-7-4-8-12-25)33-29(24)23-9-5-3-6-10-23/h3-17,20H,19H2,1-2H3/b27-17+. The lowest BCUT2D eigenvalue weighted by molar-refractivity contribution is -0.141. The number of aromatic nitrogens is 2. The first-order chi connectivity index (χ1) is 18.5. The van der Waals surface area contributed by atoms with E-state index in [2.05, 4.69) is 0 Å². The topological polar surface area (TPSA) is 88.2 Å². The summed E-state index contributed by atoms with van der Waals surface area (Å²) in [4.78, 5) is 28.0. The van der Waals surface area contributed by atoms with Crippen LogP contribution < -0.4 is 4.74 Å². The minimum Gasteiger partial charge on any atom is -0.497 e. The van der Waals surface area contributed by atoms with Gasteiger partial charge in [-0.05, 0) is 48.4 Å². The van der Waals surface area contributed by atoms with Gasteiger partial charge < -0.3 is 4.74 Å². The van der Waals surface area contributed by atoms with E-state index < -0.39 is 11.8 Å². The summed E-state index contributed by atoms with van der Waals surface area (Å²) in [5.74, 6) is -0.400. The van der Waals surface area contributed by atoms with Crippen LogP contribution in [0.15, 0.2) is 108 Å². The number of carbonyl (C=O) groups is 2. The second-order valence-electron chi connectivity index (χ2n) is 8.79. The minimum absolute atomic E-state index is 0.0340. The van der Waals surface area contributed by atoms with Gasteiger partial charge in [0.25, 0.3) is 11.8 Å². The van der Waals surface area contributed by atoms with Crippen LogP contribution in [-0.4, -0.2) is 33.6 Å². The molecule has 0 N–H and O–H groups in total. The summed E-state index contributed by atoms with van der Waals surface area (Å²) in [6.45, 7) is 1.67. The highest BCUT2D eigenvalue weighted by atomic mass is 16.5. The number of carbonyl (C=O) groups excluding carboxylic acids is 2. The Morgan fingerprint density at radius 1 is 0.921 bits per heavy atom. The van der Waals surface area contributed by atoms with Gasteiger partial charge in [-0.25, -0.2) is 4.68 Å². The molecule has 0 unspecified atom stereocenters. The molecule has 7 nitrogen and oxygen atoms in total. The molecule has 7 heteroatoms. The molecule has 0 saturated heterocycles. The molecule has 0 atom stereocenters. The zero-order chi connectivity index (χ0) is 26.6. The van der Waals surface area contributed by atoms with Crippen LogP contribution in [0.1, 0.15) is 18.1 Å². The number of nitrogens with zero attached hydrogens (tertiary/aromatic N) is 4. The van der Waals surface area contributed by atoms with Gasteiger partial charge in [0.1, 0.15) is 17.4 Å². The van der Waals surface area contributed by atoms with Crippen LogP contribution in [0.25, 0.3) is 23.0 Å². The molecule has 0 spiro atoms. The maximum absolute atomic E-state index is 13.7. The number of hydrogen-bond donors (Lipinski definition) is 0. The third-order valence-corrected chi connectivity index (χ3v) is 6.44. The average Bonchev–Trinajstić information content (AvgIpc) is 3.39. The Morgan fingerprint density at radius 2 is 1.58 bits per heavy atom. The van der Waals surface area contributed by atoms with Gasteiger partial charge in [0.15, 0.2) is 0 Å². The lowest BCUT2D eigenvalue weighted by atomic mass is 9.93. The summed E-state index contributed by atoms with van der Waals surface area (Å²) >= 11 is 0. The molecular formula is C31H24N4O3. The summed E-state index contributed by atoms with van der Waals surface area (Å²) in [6, 6.07) is 28.5. The van der Waals surface area contributed by atoms with Crippen molar-refractivity contribution in [2.24, 2.45) is 0 Å². The Hall–Kier alpha value is -5.22. The van der Waals surface area contributed by atoms with Gasteiger partial charge in [0, 0.05) is 22.9 Å². The van der Waals surface area contributed by atoms with E-state index in [9.17, 15) is 14.9 Å². The van der Waals surface area contributed by atoms with Crippen molar-refractivity contribution >= 4 is 17.9 Å². The zero-order valence-electron chi connectivity index (χ0n) is 21.0. The van der Waals surface area contributed by atoms with Crippen molar-refractivity contribution < 1.29 is 14.3 Å². The highest BCUT2D eigenvalue weighted by molar-refractivity contribution is 6.19. The molecule has 0 saturated carbocycles. The van der Waals surface area contributed by atoms with Gasteiger partial charge in [-0.3, -0.25) is 14.5 Å². The van der Waals surface area contributed by atoms with Gasteiger partial charge in [-0.2, -0.15) is 10.4 Å². The van der Waals surface area contributed by atoms with Gasteiger partial charge in [-0.15, -0.1) is 0 Å². The molecule has 5 rings (SSSR count). The van der Waals surface area contributed by atoms with E-state index >= 15 is 0 Å². The zero-order valence-corrected chi connectivity index (χ0v) is 21.0. The molecule has 4 aromatic rings. The molecular weight excluding hydrogens is 476 g/mol. The molecule has 2 amide bonds. The number of rotatable bonds is 6. The van der Waals surface area contributed by atoms with Crippen LogP contribution in [0.2, 0.25) is 0 Å². The maximum Gasteiger partial charge on any atom is 0.271 e. The fourth-order valence-corrected chi connectivity index (χ4v) is 4.37. The SMILES string of the molecule is COc1ccc(CN2C(=O)C(C#N)=C(C)/C(=C\c3cn(-c4ccccc4)nc3-c3ccccc3)C2=O)cc1. The van der Waals surface area contributed by atoms with Crippen molar-refractivity contribution in [2.75, 3.05) is 7.11 Å². The summed E-state index contributed by atoms with van der Waals surface area (Å²) in [5.41, 5.74) is 4.43. The molecule has 0 fully saturated rings. The summed E-state index contributed by atoms with van der Waals surface area (Å²) in [5, 5.41) is 14.6. The molecule has 2 heterocycles. The lowest BCUT2D eigenvalue weighted by Crippen LogP contribution is -2.42. The van der Waals surface area contributed by atoms with Gasteiger partial charge in [-0.1, -0.05) is 60.7 Å². The Balaban J connectivity index is 1.61. The van der Waals surface area contributed by atoms with Crippen LogP contribution in [0, 0.1) is 11.3 Å². The molecule has 1 aliphatic rings. The molecule has 38 heavy (non-hydrogen) atoms. The monoisotopic (exact) mass is 500 g/mol. The van der Waals surface area contributed by atoms with Crippen molar-refractivity contribution in [3.05, 3.63) is 119 Å². The lowest BCUT2D eigenvalue weighted by Gasteiger charge is -2.27. The summed E-state index contributed by atoms with van der Waals surface area (Å²) in [7, 11) is 1.57. The Labute approximate surface area is 220 Å². The fourth-order valence-electron chi connectivity index (χ4n) is 4.37. The normalized spacial score (nSPS) is 14.7. The van der Waals surface area contributed by atoms with E-state index in [1.807, 2.05) is 72.9 Å². The van der Waals surface area contributed by atoms with Crippen LogP contribution in [0.4, 0.5) is 0 Å². The molecule has 0 aliphatic carbocycles. The quantitative estimate of drug-likeness (QED) is 0.263. The van der Waals surface area contributed by atoms with Gasteiger partial charge in [0.05, 0.1) is 25.0 Å². The highest BCUT2D eigenvalue weighted by Crippen LogP contribution is 2.31. The molecule has 1 aliphatic heterocycles. The smallest absolute Gasteiger partial charge is 0.271 e. The second-order valence-corrected chi connectivity index (χ2v) is 8.79. The van der Waals surface area contributed by atoms with Crippen LogP contribution in [0.3, 0.4) is 0 Å². The largest absolute Gasteiger partial charge is 0.497 e. The van der Waals surface area contributed by atoms with Crippen molar-refractivity contribution in [3.63, 3.8) is 0 Å². The fraction of sp³-hybridized carbons (Fsp3) is 0.0968. The first-order valence-electron chi connectivity index (χ1n) is 12.0. The molecule has 186 valence electrons. The molecule has 3 aromatic carbocycles. The minimum atomic E-state index is -0.605. The third-order valence-electron chi connectivity index (χ3n) is 6.44. The Bertz CT molecular complexity index is 1610. The van der Waals surface area contributed by atoms with Crippen molar-refractivity contribution in [1.82, 2.24) is 14.7 Å². The van der Waals surface area contributed by atoms with Gasteiger partial charge in [0.2, 0.25) is 0 Å². The summed E-state index contributed by atoms with van der Waals surface area (Å²) in [6.07, 6.45) is 3.57. The number of ether oxygens (including phenoxy) is 1. The van der Waals surface area contributed by atoms with Crippen molar-refractivity contribution in [3.8, 4) is 28.8 Å². The number of nitriles is 1. The van der Waals surface area contributed by atoms with E-state index in [4.69, 9.17) is 9.84 Å². The third kappa shape index (κ3) is 4.63. The number of para-hydroxylation sites is 1. The number of methoxy groups -OCH3 is 1. The Kier molecular flexibility index (Phi) is 6.70. The van der Waals surface area contributed by atoms with E-state index in [1.165, 1.54) is 0 Å². The number of amides is 2. The van der Waals surface area contributed by atoms with E-state index in [-0.39, 0.29) is 17.7 Å².